The normalized spacial score (nSPS) is 12.2. The maximum atomic E-state index is 5.96. The Hall–Kier alpha value is -0.440. The van der Waals surface area contributed by atoms with Gasteiger partial charge in [0.25, 0.3) is 0 Å². The van der Waals surface area contributed by atoms with E-state index in [-0.39, 0.29) is 0 Å². The van der Waals surface area contributed by atoms with Gasteiger partial charge in [-0.15, -0.1) is 0 Å². The molecule has 0 radical (unpaired) electrons. The number of rotatable bonds is 31. The minimum Gasteiger partial charge on any atom is -0.329 e. The molecule has 0 atom stereocenters. The van der Waals surface area contributed by atoms with Gasteiger partial charge in [0.05, 0.1) is 0 Å². The van der Waals surface area contributed by atoms with Crippen LogP contribution in [0.2, 0.25) is 0 Å². The third-order valence-corrected chi connectivity index (χ3v) is 6.85. The van der Waals surface area contributed by atoms with Crippen LogP contribution in [-0.2, 0) is 0 Å². The van der Waals surface area contributed by atoms with Crippen molar-refractivity contribution in [2.24, 2.45) is 17.2 Å². The SMILES string of the molecule is CNCCNCCN(C)CCCCCN(CCN)CCN(CCCNCCN)CCNCCN(C)CCN. The Morgan fingerprint density at radius 3 is 1.63 bits per heavy atom. The Kier molecular flexibility index (Phi) is 29.2. The fourth-order valence-electron chi connectivity index (χ4n) is 4.37. The Labute approximate surface area is 235 Å². The maximum absolute atomic E-state index is 5.96. The van der Waals surface area contributed by atoms with E-state index in [0.717, 1.165) is 118 Å². The molecule has 0 aromatic rings. The molecule has 230 valence electrons. The van der Waals surface area contributed by atoms with Gasteiger partial charge in [0.2, 0.25) is 0 Å². The number of hydrogen-bond acceptors (Lipinski definition) is 11. The molecule has 11 nitrogen and oxygen atoms in total. The Morgan fingerprint density at radius 1 is 0.421 bits per heavy atom. The first kappa shape index (κ1) is 37.6. The summed E-state index contributed by atoms with van der Waals surface area (Å²) in [5.74, 6) is 0. The summed E-state index contributed by atoms with van der Waals surface area (Å²) >= 11 is 0. The largest absolute Gasteiger partial charge is 0.329 e. The quantitative estimate of drug-likeness (QED) is 0.0481. The fourth-order valence-corrected chi connectivity index (χ4v) is 4.37. The zero-order chi connectivity index (χ0) is 28.1. The first-order valence-corrected chi connectivity index (χ1v) is 15.3. The predicted molar refractivity (Wildman–Crippen MR) is 166 cm³/mol. The van der Waals surface area contributed by atoms with Crippen LogP contribution in [0.5, 0.6) is 0 Å². The Bertz CT molecular complexity index is 459. The van der Waals surface area contributed by atoms with E-state index in [1.165, 1.54) is 25.8 Å². The van der Waals surface area contributed by atoms with E-state index in [1.54, 1.807) is 0 Å². The second kappa shape index (κ2) is 29.5. The lowest BCUT2D eigenvalue weighted by molar-refractivity contribution is 0.200. The molecule has 0 aliphatic carbocycles. The summed E-state index contributed by atoms with van der Waals surface area (Å²) in [6.45, 7) is 20.0. The van der Waals surface area contributed by atoms with E-state index in [1.807, 2.05) is 7.05 Å². The van der Waals surface area contributed by atoms with Crippen LogP contribution in [0.15, 0.2) is 0 Å². The molecular formula is C27H67N11. The second-order valence-electron chi connectivity index (χ2n) is 10.4. The Balaban J connectivity index is 4.26. The van der Waals surface area contributed by atoms with E-state index >= 15 is 0 Å². The molecule has 10 N–H and O–H groups in total. The van der Waals surface area contributed by atoms with Gasteiger partial charge < -0.3 is 58.1 Å². The molecule has 0 rings (SSSR count). The van der Waals surface area contributed by atoms with Crippen molar-refractivity contribution in [2.75, 3.05) is 152 Å². The zero-order valence-corrected chi connectivity index (χ0v) is 25.5. The van der Waals surface area contributed by atoms with Crippen LogP contribution in [0.4, 0.5) is 0 Å². The van der Waals surface area contributed by atoms with E-state index in [9.17, 15) is 0 Å². The summed E-state index contributed by atoms with van der Waals surface area (Å²) in [7, 11) is 6.35. The third-order valence-electron chi connectivity index (χ3n) is 6.85. The molecule has 0 saturated carbocycles. The molecule has 0 spiro atoms. The molecule has 0 bridgehead atoms. The first-order chi connectivity index (χ1) is 18.6. The molecule has 0 aliphatic rings. The molecular weight excluding hydrogens is 478 g/mol. The highest BCUT2D eigenvalue weighted by molar-refractivity contribution is 4.67. The monoisotopic (exact) mass is 546 g/mol. The number of likely N-dealkylation sites (N-methyl/N-ethyl adjacent to an activating group) is 3. The van der Waals surface area contributed by atoms with Crippen molar-refractivity contribution < 1.29 is 0 Å². The minimum atomic E-state index is 0.699. The Morgan fingerprint density at radius 2 is 0.974 bits per heavy atom. The number of unbranched alkanes of at least 4 members (excludes halogenated alkanes) is 2. The lowest BCUT2D eigenvalue weighted by Gasteiger charge is -2.28. The molecule has 0 fully saturated rings. The highest BCUT2D eigenvalue weighted by Crippen LogP contribution is 2.02. The fraction of sp³-hybridized carbons (Fsp3) is 1.00. The molecule has 0 aliphatic heterocycles. The summed E-state index contributed by atoms with van der Waals surface area (Å²) < 4.78 is 0. The number of nitrogens with zero attached hydrogens (tertiary/aromatic N) is 4. The topological polar surface area (TPSA) is 139 Å². The minimum absolute atomic E-state index is 0.699. The van der Waals surface area contributed by atoms with Crippen LogP contribution in [0.3, 0.4) is 0 Å². The average molecular weight is 546 g/mol. The van der Waals surface area contributed by atoms with E-state index in [0.29, 0.717) is 13.1 Å². The number of hydrogen-bond donors (Lipinski definition) is 7. The lowest BCUT2D eigenvalue weighted by Crippen LogP contribution is -2.42. The van der Waals surface area contributed by atoms with Gasteiger partial charge in [-0.25, -0.2) is 0 Å². The first-order valence-electron chi connectivity index (χ1n) is 15.3. The van der Waals surface area contributed by atoms with Gasteiger partial charge in [-0.05, 0) is 66.6 Å². The number of nitrogens with one attached hydrogen (secondary N) is 4. The van der Waals surface area contributed by atoms with Crippen LogP contribution in [-0.4, -0.2) is 172 Å². The second-order valence-corrected chi connectivity index (χ2v) is 10.4. The van der Waals surface area contributed by atoms with Crippen LogP contribution in [0.25, 0.3) is 0 Å². The van der Waals surface area contributed by atoms with Crippen molar-refractivity contribution in [2.45, 2.75) is 25.7 Å². The maximum Gasteiger partial charge on any atom is 0.0110 e. The van der Waals surface area contributed by atoms with Crippen LogP contribution >= 0.6 is 0 Å². The predicted octanol–water partition coefficient (Wildman–Crippen LogP) is -2.12. The van der Waals surface area contributed by atoms with Crippen LogP contribution in [0.1, 0.15) is 25.7 Å². The van der Waals surface area contributed by atoms with Crippen molar-refractivity contribution in [3.8, 4) is 0 Å². The van der Waals surface area contributed by atoms with Crippen LogP contribution in [0, 0.1) is 0 Å². The van der Waals surface area contributed by atoms with Gasteiger partial charge in [0.1, 0.15) is 0 Å². The van der Waals surface area contributed by atoms with E-state index < -0.39 is 0 Å². The van der Waals surface area contributed by atoms with Gasteiger partial charge in [-0.1, -0.05) is 6.42 Å². The molecule has 0 amide bonds. The molecule has 0 saturated heterocycles. The van der Waals surface area contributed by atoms with E-state index in [2.05, 4.69) is 55.0 Å². The van der Waals surface area contributed by atoms with Gasteiger partial charge in [0.15, 0.2) is 0 Å². The van der Waals surface area contributed by atoms with Crippen LogP contribution < -0.4 is 38.5 Å². The molecule has 0 heterocycles. The molecule has 0 aromatic heterocycles. The summed E-state index contributed by atoms with van der Waals surface area (Å²) in [5.41, 5.74) is 17.2. The van der Waals surface area contributed by atoms with E-state index in [4.69, 9.17) is 17.2 Å². The zero-order valence-electron chi connectivity index (χ0n) is 25.5. The molecule has 11 heteroatoms. The highest BCUT2D eigenvalue weighted by atomic mass is 15.2. The van der Waals surface area contributed by atoms with Crippen molar-refractivity contribution in [1.29, 1.82) is 0 Å². The smallest absolute Gasteiger partial charge is 0.0110 e. The van der Waals surface area contributed by atoms with Gasteiger partial charge in [-0.3, -0.25) is 0 Å². The standard InChI is InChI=1S/C27H67N11/c1-31-13-14-33-15-23-35(2)18-5-4-6-19-37(22-10-30)26-27-38(20-7-11-32-12-8-28)25-17-34-16-24-36(3)21-9-29/h31-34H,4-30H2,1-3H3. The van der Waals surface area contributed by atoms with Crippen molar-refractivity contribution >= 4 is 0 Å². The highest BCUT2D eigenvalue weighted by Gasteiger charge is 2.10. The van der Waals surface area contributed by atoms with Crippen molar-refractivity contribution in [3.05, 3.63) is 0 Å². The summed E-state index contributed by atoms with van der Waals surface area (Å²) in [6, 6.07) is 0. The summed E-state index contributed by atoms with van der Waals surface area (Å²) in [6.07, 6.45) is 4.93. The summed E-state index contributed by atoms with van der Waals surface area (Å²) in [5, 5.41) is 13.7. The summed E-state index contributed by atoms with van der Waals surface area (Å²) in [4.78, 5) is 9.88. The van der Waals surface area contributed by atoms with Gasteiger partial charge in [0, 0.05) is 105 Å². The average Bonchev–Trinajstić information content (AvgIpc) is 2.90. The molecule has 0 unspecified atom stereocenters. The van der Waals surface area contributed by atoms with Gasteiger partial charge in [-0.2, -0.15) is 0 Å². The number of nitrogens with two attached hydrogens (primary N) is 3. The molecule has 38 heavy (non-hydrogen) atoms. The van der Waals surface area contributed by atoms with Crippen molar-refractivity contribution in [3.63, 3.8) is 0 Å². The van der Waals surface area contributed by atoms with Gasteiger partial charge >= 0.3 is 0 Å². The third kappa shape index (κ3) is 25.8. The molecule has 0 aromatic carbocycles. The van der Waals surface area contributed by atoms with Crippen molar-refractivity contribution in [1.82, 2.24) is 40.9 Å². The lowest BCUT2D eigenvalue weighted by atomic mass is 10.2.